The fraction of sp³-hybridized carbons (Fsp3) is 0.600. The lowest BCUT2D eigenvalue weighted by Crippen LogP contribution is -2.17. The number of hydrogen-bond donors (Lipinski definition) is 1. The standard InChI is InChI=1S/C15H24ClN/c1-2-3-4-5-6-10-13-17-15(16)14-11-8-7-9-12-14/h7-9,11-12,15,17H,2-6,10,13H2,1H3. The van der Waals surface area contributed by atoms with Crippen molar-refractivity contribution in [1.29, 1.82) is 0 Å². The quantitative estimate of drug-likeness (QED) is 0.376. The zero-order valence-corrected chi connectivity index (χ0v) is 11.5. The minimum atomic E-state index is -0.0492. The van der Waals surface area contributed by atoms with Gasteiger partial charge in [0.25, 0.3) is 0 Å². The maximum atomic E-state index is 6.26. The summed E-state index contributed by atoms with van der Waals surface area (Å²) in [5.74, 6) is 0. The van der Waals surface area contributed by atoms with E-state index in [0.29, 0.717) is 0 Å². The molecule has 0 aliphatic carbocycles. The Labute approximate surface area is 111 Å². The fourth-order valence-electron chi connectivity index (χ4n) is 1.87. The number of hydrogen-bond acceptors (Lipinski definition) is 1. The number of unbranched alkanes of at least 4 members (excludes halogenated alkanes) is 5. The molecule has 1 atom stereocenters. The SMILES string of the molecule is CCCCCCCCNC(Cl)c1ccccc1. The van der Waals surface area contributed by atoms with Crippen LogP contribution in [0.25, 0.3) is 0 Å². The lowest BCUT2D eigenvalue weighted by Gasteiger charge is -2.11. The monoisotopic (exact) mass is 253 g/mol. The van der Waals surface area contributed by atoms with Crippen molar-refractivity contribution in [1.82, 2.24) is 5.32 Å². The van der Waals surface area contributed by atoms with Gasteiger partial charge in [0.2, 0.25) is 0 Å². The third-order valence-electron chi connectivity index (χ3n) is 2.95. The highest BCUT2D eigenvalue weighted by Crippen LogP contribution is 2.16. The van der Waals surface area contributed by atoms with E-state index in [2.05, 4.69) is 24.4 Å². The number of halogens is 1. The fourth-order valence-corrected chi connectivity index (χ4v) is 2.13. The van der Waals surface area contributed by atoms with Crippen LogP contribution in [-0.4, -0.2) is 6.54 Å². The molecule has 1 unspecified atom stereocenters. The van der Waals surface area contributed by atoms with E-state index in [9.17, 15) is 0 Å². The molecule has 96 valence electrons. The van der Waals surface area contributed by atoms with Crippen LogP contribution >= 0.6 is 11.6 Å². The van der Waals surface area contributed by atoms with Crippen molar-refractivity contribution in [3.63, 3.8) is 0 Å². The Morgan fingerprint density at radius 3 is 2.35 bits per heavy atom. The Morgan fingerprint density at radius 1 is 1.00 bits per heavy atom. The van der Waals surface area contributed by atoms with Crippen molar-refractivity contribution < 1.29 is 0 Å². The molecule has 1 aromatic carbocycles. The molecule has 0 saturated carbocycles. The number of benzene rings is 1. The minimum absolute atomic E-state index is 0.0492. The smallest absolute Gasteiger partial charge is 0.108 e. The first kappa shape index (κ1) is 14.5. The molecule has 1 rings (SSSR count). The summed E-state index contributed by atoms with van der Waals surface area (Å²) >= 11 is 6.26. The first-order valence-corrected chi connectivity index (χ1v) is 7.20. The van der Waals surface area contributed by atoms with E-state index in [0.717, 1.165) is 12.1 Å². The molecule has 1 aromatic rings. The maximum absolute atomic E-state index is 6.26. The highest BCUT2D eigenvalue weighted by atomic mass is 35.5. The molecule has 0 aliphatic heterocycles. The molecule has 17 heavy (non-hydrogen) atoms. The summed E-state index contributed by atoms with van der Waals surface area (Å²) in [6.07, 6.45) is 7.95. The van der Waals surface area contributed by atoms with Crippen LogP contribution in [0.1, 0.15) is 56.5 Å². The molecular weight excluding hydrogens is 230 g/mol. The Kier molecular flexibility index (Phi) is 8.12. The molecule has 0 radical (unpaired) electrons. The van der Waals surface area contributed by atoms with Crippen LogP contribution in [0.4, 0.5) is 0 Å². The summed E-state index contributed by atoms with van der Waals surface area (Å²) in [6, 6.07) is 10.2. The van der Waals surface area contributed by atoms with Gasteiger partial charge < -0.3 is 0 Å². The summed E-state index contributed by atoms with van der Waals surface area (Å²) in [6.45, 7) is 3.26. The second-order valence-corrected chi connectivity index (χ2v) is 4.93. The third-order valence-corrected chi connectivity index (χ3v) is 3.35. The van der Waals surface area contributed by atoms with E-state index in [-0.39, 0.29) is 5.50 Å². The van der Waals surface area contributed by atoms with E-state index >= 15 is 0 Å². The van der Waals surface area contributed by atoms with Gasteiger partial charge >= 0.3 is 0 Å². The second kappa shape index (κ2) is 9.49. The molecule has 2 heteroatoms. The highest BCUT2D eigenvalue weighted by molar-refractivity contribution is 6.20. The van der Waals surface area contributed by atoms with Gasteiger partial charge in [-0.3, -0.25) is 5.32 Å². The van der Waals surface area contributed by atoms with Gasteiger partial charge in [-0.15, -0.1) is 11.6 Å². The first-order chi connectivity index (χ1) is 8.34. The molecule has 1 N–H and O–H groups in total. The molecule has 0 amide bonds. The summed E-state index contributed by atoms with van der Waals surface area (Å²) in [4.78, 5) is 0. The zero-order chi connectivity index (χ0) is 12.3. The average molecular weight is 254 g/mol. The van der Waals surface area contributed by atoms with Crippen LogP contribution in [0.15, 0.2) is 30.3 Å². The van der Waals surface area contributed by atoms with Crippen molar-refractivity contribution in [2.24, 2.45) is 0 Å². The largest absolute Gasteiger partial charge is 0.298 e. The first-order valence-electron chi connectivity index (χ1n) is 6.77. The van der Waals surface area contributed by atoms with Gasteiger partial charge in [-0.2, -0.15) is 0 Å². The Balaban J connectivity index is 2.03. The predicted molar refractivity (Wildman–Crippen MR) is 76.4 cm³/mol. The van der Waals surface area contributed by atoms with Gasteiger partial charge in [-0.05, 0) is 18.5 Å². The van der Waals surface area contributed by atoms with E-state index < -0.39 is 0 Å². The van der Waals surface area contributed by atoms with Gasteiger partial charge in [-0.1, -0.05) is 69.4 Å². The van der Waals surface area contributed by atoms with Gasteiger partial charge in [0.05, 0.1) is 0 Å². The van der Waals surface area contributed by atoms with Crippen molar-refractivity contribution in [2.75, 3.05) is 6.54 Å². The van der Waals surface area contributed by atoms with E-state index in [1.165, 1.54) is 38.5 Å². The molecule has 0 heterocycles. The van der Waals surface area contributed by atoms with Crippen molar-refractivity contribution in [3.8, 4) is 0 Å². The summed E-state index contributed by atoms with van der Waals surface area (Å²) in [7, 11) is 0. The van der Waals surface area contributed by atoms with Crippen LogP contribution in [0.3, 0.4) is 0 Å². The van der Waals surface area contributed by atoms with Crippen molar-refractivity contribution in [2.45, 2.75) is 50.9 Å². The van der Waals surface area contributed by atoms with E-state index in [1.54, 1.807) is 0 Å². The predicted octanol–water partition coefficient (Wildman–Crippen LogP) is 4.87. The molecule has 0 bridgehead atoms. The summed E-state index contributed by atoms with van der Waals surface area (Å²) in [5.41, 5.74) is 1.10. The molecule has 0 fully saturated rings. The Morgan fingerprint density at radius 2 is 1.65 bits per heavy atom. The number of alkyl halides is 1. The van der Waals surface area contributed by atoms with Crippen LogP contribution in [-0.2, 0) is 0 Å². The molecule has 1 nitrogen and oxygen atoms in total. The third kappa shape index (κ3) is 6.70. The minimum Gasteiger partial charge on any atom is -0.298 e. The van der Waals surface area contributed by atoms with E-state index in [1.807, 2.05) is 18.2 Å². The van der Waals surface area contributed by atoms with Gasteiger partial charge in [0.1, 0.15) is 5.50 Å². The lowest BCUT2D eigenvalue weighted by molar-refractivity contribution is 0.565. The Bertz CT molecular complexity index is 274. The maximum Gasteiger partial charge on any atom is 0.108 e. The van der Waals surface area contributed by atoms with Crippen LogP contribution < -0.4 is 5.32 Å². The topological polar surface area (TPSA) is 12.0 Å². The summed E-state index contributed by atoms with van der Waals surface area (Å²) < 4.78 is 0. The second-order valence-electron chi connectivity index (χ2n) is 4.50. The van der Waals surface area contributed by atoms with Gasteiger partial charge in [0.15, 0.2) is 0 Å². The molecule has 0 spiro atoms. The van der Waals surface area contributed by atoms with Crippen LogP contribution in [0.2, 0.25) is 0 Å². The number of rotatable bonds is 9. The van der Waals surface area contributed by atoms with Gasteiger partial charge in [0, 0.05) is 0 Å². The molecule has 0 aliphatic rings. The molecule has 0 saturated heterocycles. The zero-order valence-electron chi connectivity index (χ0n) is 10.8. The van der Waals surface area contributed by atoms with Crippen LogP contribution in [0, 0.1) is 0 Å². The molecular formula is C15H24ClN. The number of nitrogens with one attached hydrogen (secondary N) is 1. The van der Waals surface area contributed by atoms with Crippen molar-refractivity contribution in [3.05, 3.63) is 35.9 Å². The van der Waals surface area contributed by atoms with Crippen LogP contribution in [0.5, 0.6) is 0 Å². The van der Waals surface area contributed by atoms with Gasteiger partial charge in [-0.25, -0.2) is 0 Å². The normalized spacial score (nSPS) is 12.6. The van der Waals surface area contributed by atoms with E-state index in [4.69, 9.17) is 11.6 Å². The molecule has 0 aromatic heterocycles. The highest BCUT2D eigenvalue weighted by Gasteiger charge is 2.04. The average Bonchev–Trinajstić information content (AvgIpc) is 2.38. The lowest BCUT2D eigenvalue weighted by atomic mass is 10.1. The van der Waals surface area contributed by atoms with Crippen molar-refractivity contribution >= 4 is 11.6 Å². The summed E-state index contributed by atoms with van der Waals surface area (Å²) in [5, 5.41) is 3.36. The Hall–Kier alpha value is -0.530.